The van der Waals surface area contributed by atoms with Crippen LogP contribution < -0.4 is 0 Å². The molecule has 1 fully saturated rings. The molecule has 0 saturated carbocycles. The van der Waals surface area contributed by atoms with E-state index in [0.717, 1.165) is 37.4 Å². The lowest BCUT2D eigenvalue weighted by atomic mass is 10.0. The number of imidazole rings is 1. The molecule has 0 radical (unpaired) electrons. The second kappa shape index (κ2) is 5.50. The highest BCUT2D eigenvalue weighted by molar-refractivity contribution is 5.31. The van der Waals surface area contributed by atoms with Crippen LogP contribution in [-0.4, -0.2) is 32.4 Å². The Labute approximate surface area is 128 Å². The summed E-state index contributed by atoms with van der Waals surface area (Å²) in [6.45, 7) is 2.93. The lowest BCUT2D eigenvalue weighted by Crippen LogP contribution is -2.20. The highest BCUT2D eigenvalue weighted by atomic mass is 19.1. The fourth-order valence-corrected chi connectivity index (χ4v) is 3.25. The van der Waals surface area contributed by atoms with Crippen molar-refractivity contribution in [1.82, 2.24) is 19.3 Å². The van der Waals surface area contributed by atoms with Crippen LogP contribution >= 0.6 is 0 Å². The average molecular weight is 296 g/mol. The zero-order valence-corrected chi connectivity index (χ0v) is 12.2. The summed E-state index contributed by atoms with van der Waals surface area (Å²) in [4.78, 5) is 10.9. The van der Waals surface area contributed by atoms with E-state index in [1.165, 1.54) is 17.8 Å². The fourth-order valence-electron chi connectivity index (χ4n) is 3.25. The van der Waals surface area contributed by atoms with Gasteiger partial charge in [0.25, 0.3) is 0 Å². The van der Waals surface area contributed by atoms with Crippen molar-refractivity contribution in [3.8, 4) is 0 Å². The first kappa shape index (κ1) is 13.4. The minimum atomic E-state index is -0.178. The van der Waals surface area contributed by atoms with Gasteiger partial charge in [-0.3, -0.25) is 9.30 Å². The van der Waals surface area contributed by atoms with E-state index < -0.39 is 0 Å². The molecule has 0 spiro atoms. The summed E-state index contributed by atoms with van der Waals surface area (Å²) in [5, 5.41) is 0. The highest BCUT2D eigenvalue weighted by Gasteiger charge is 2.25. The number of benzene rings is 1. The van der Waals surface area contributed by atoms with E-state index in [-0.39, 0.29) is 5.82 Å². The molecule has 4 rings (SSSR count). The van der Waals surface area contributed by atoms with Crippen LogP contribution in [0.3, 0.4) is 0 Å². The Kier molecular flexibility index (Phi) is 3.35. The molecule has 0 amide bonds. The number of hydrogen-bond acceptors (Lipinski definition) is 3. The Balaban J connectivity index is 1.50. The first-order chi connectivity index (χ1) is 10.8. The molecular formula is C17H17FN4. The highest BCUT2D eigenvalue weighted by Crippen LogP contribution is 2.28. The third kappa shape index (κ3) is 2.48. The van der Waals surface area contributed by atoms with Gasteiger partial charge in [-0.15, -0.1) is 0 Å². The van der Waals surface area contributed by atoms with Gasteiger partial charge in [-0.2, -0.15) is 0 Å². The van der Waals surface area contributed by atoms with Gasteiger partial charge in [0.2, 0.25) is 5.78 Å². The smallest absolute Gasteiger partial charge is 0.233 e. The van der Waals surface area contributed by atoms with Crippen LogP contribution in [0.5, 0.6) is 0 Å². The summed E-state index contributed by atoms with van der Waals surface area (Å²) in [6, 6.07) is 8.87. The standard InChI is InChI=1S/C17H17FN4/c18-15-3-1-13(2-4-15)11-21-9-6-14(12-21)16-5-7-19-17-20-8-10-22(16)17/h1-5,7-8,10,14H,6,9,11-12H2/t14-/m1/s1. The van der Waals surface area contributed by atoms with E-state index in [0.29, 0.717) is 5.92 Å². The molecule has 3 aromatic rings. The predicted molar refractivity (Wildman–Crippen MR) is 82.0 cm³/mol. The normalized spacial score (nSPS) is 19.0. The predicted octanol–water partition coefficient (Wildman–Crippen LogP) is 2.86. The van der Waals surface area contributed by atoms with Crippen molar-refractivity contribution in [3.05, 3.63) is 66.0 Å². The minimum Gasteiger partial charge on any atom is -0.298 e. The Bertz CT molecular complexity index is 781. The quantitative estimate of drug-likeness (QED) is 0.745. The van der Waals surface area contributed by atoms with Gasteiger partial charge < -0.3 is 0 Å². The second-order valence-corrected chi connectivity index (χ2v) is 5.81. The molecule has 22 heavy (non-hydrogen) atoms. The van der Waals surface area contributed by atoms with Gasteiger partial charge in [-0.05, 0) is 36.7 Å². The average Bonchev–Trinajstić information content (AvgIpc) is 3.18. The van der Waals surface area contributed by atoms with Crippen molar-refractivity contribution in [1.29, 1.82) is 0 Å². The van der Waals surface area contributed by atoms with Gasteiger partial charge in [0, 0.05) is 43.3 Å². The molecule has 0 aliphatic carbocycles. The molecule has 112 valence electrons. The van der Waals surface area contributed by atoms with Crippen molar-refractivity contribution < 1.29 is 4.39 Å². The second-order valence-electron chi connectivity index (χ2n) is 5.81. The Morgan fingerprint density at radius 2 is 1.91 bits per heavy atom. The van der Waals surface area contributed by atoms with Crippen LogP contribution in [0.4, 0.5) is 4.39 Å². The largest absolute Gasteiger partial charge is 0.298 e. The molecule has 1 aromatic carbocycles. The summed E-state index contributed by atoms with van der Waals surface area (Å²) >= 11 is 0. The Morgan fingerprint density at radius 1 is 1.09 bits per heavy atom. The molecule has 3 heterocycles. The number of likely N-dealkylation sites (tertiary alicyclic amines) is 1. The molecule has 0 bridgehead atoms. The van der Waals surface area contributed by atoms with E-state index >= 15 is 0 Å². The van der Waals surface area contributed by atoms with Gasteiger partial charge in [0.05, 0.1) is 0 Å². The van der Waals surface area contributed by atoms with E-state index in [1.54, 1.807) is 6.20 Å². The zero-order valence-electron chi connectivity index (χ0n) is 12.2. The van der Waals surface area contributed by atoms with Crippen molar-refractivity contribution in [2.24, 2.45) is 0 Å². The monoisotopic (exact) mass is 296 g/mol. The Morgan fingerprint density at radius 3 is 2.77 bits per heavy atom. The van der Waals surface area contributed by atoms with Crippen molar-refractivity contribution >= 4 is 5.78 Å². The van der Waals surface area contributed by atoms with Crippen LogP contribution in [0, 0.1) is 5.82 Å². The number of fused-ring (bicyclic) bond motifs is 1. The summed E-state index contributed by atoms with van der Waals surface area (Å²) in [5.41, 5.74) is 2.42. The van der Waals surface area contributed by atoms with Crippen molar-refractivity contribution in [2.45, 2.75) is 18.9 Å². The van der Waals surface area contributed by atoms with E-state index in [1.807, 2.05) is 24.5 Å². The van der Waals surface area contributed by atoms with Gasteiger partial charge in [0.15, 0.2) is 0 Å². The van der Waals surface area contributed by atoms with Gasteiger partial charge in [0.1, 0.15) is 5.82 Å². The summed E-state index contributed by atoms with van der Waals surface area (Å²) in [5.74, 6) is 1.07. The van der Waals surface area contributed by atoms with Crippen molar-refractivity contribution in [2.75, 3.05) is 13.1 Å². The molecular weight excluding hydrogens is 279 g/mol. The first-order valence-electron chi connectivity index (χ1n) is 7.54. The molecule has 1 aliphatic rings. The molecule has 1 atom stereocenters. The third-order valence-electron chi connectivity index (χ3n) is 4.34. The first-order valence-corrected chi connectivity index (χ1v) is 7.54. The lowest BCUT2D eigenvalue weighted by molar-refractivity contribution is 0.326. The van der Waals surface area contributed by atoms with Gasteiger partial charge in [-0.25, -0.2) is 14.4 Å². The van der Waals surface area contributed by atoms with E-state index in [2.05, 4.69) is 25.3 Å². The van der Waals surface area contributed by atoms with Crippen LogP contribution in [0.2, 0.25) is 0 Å². The maximum atomic E-state index is 13.0. The lowest BCUT2D eigenvalue weighted by Gasteiger charge is -2.16. The maximum absolute atomic E-state index is 13.0. The minimum absolute atomic E-state index is 0.178. The zero-order chi connectivity index (χ0) is 14.9. The van der Waals surface area contributed by atoms with E-state index in [4.69, 9.17) is 0 Å². The molecule has 4 nitrogen and oxygen atoms in total. The van der Waals surface area contributed by atoms with Crippen molar-refractivity contribution in [3.63, 3.8) is 0 Å². The number of rotatable bonds is 3. The van der Waals surface area contributed by atoms with Gasteiger partial charge in [-0.1, -0.05) is 12.1 Å². The van der Waals surface area contributed by atoms with Crippen LogP contribution in [0.15, 0.2) is 48.9 Å². The number of aromatic nitrogens is 3. The molecule has 0 N–H and O–H groups in total. The van der Waals surface area contributed by atoms with Crippen LogP contribution in [-0.2, 0) is 6.54 Å². The topological polar surface area (TPSA) is 33.4 Å². The number of hydrogen-bond donors (Lipinski definition) is 0. The number of nitrogens with zero attached hydrogens (tertiary/aromatic N) is 4. The number of halogens is 1. The summed E-state index contributed by atoms with van der Waals surface area (Å²) < 4.78 is 15.0. The third-order valence-corrected chi connectivity index (χ3v) is 4.34. The SMILES string of the molecule is Fc1ccc(CN2CC[C@@H](c3ccnc4nccn34)C2)cc1. The molecule has 2 aromatic heterocycles. The maximum Gasteiger partial charge on any atom is 0.233 e. The van der Waals surface area contributed by atoms with Crippen LogP contribution in [0.1, 0.15) is 23.6 Å². The molecule has 0 unspecified atom stereocenters. The van der Waals surface area contributed by atoms with Crippen LogP contribution in [0.25, 0.3) is 5.78 Å². The summed E-state index contributed by atoms with van der Waals surface area (Å²) in [7, 11) is 0. The molecule has 1 aliphatic heterocycles. The Hall–Kier alpha value is -2.27. The summed E-state index contributed by atoms with van der Waals surface area (Å²) in [6.07, 6.45) is 6.72. The molecule has 5 heteroatoms. The molecule has 1 saturated heterocycles. The van der Waals surface area contributed by atoms with E-state index in [9.17, 15) is 4.39 Å². The fraction of sp³-hybridized carbons (Fsp3) is 0.294. The van der Waals surface area contributed by atoms with Gasteiger partial charge >= 0.3 is 0 Å².